The van der Waals surface area contributed by atoms with Crippen LogP contribution in [-0.4, -0.2) is 15.6 Å². The van der Waals surface area contributed by atoms with Gasteiger partial charge in [-0.05, 0) is 45.1 Å². The van der Waals surface area contributed by atoms with Crippen LogP contribution in [0.15, 0.2) is 40.8 Å². The normalized spacial score (nSPS) is 11.6. The minimum atomic E-state index is -0.140. The number of carbonyl (C=O) groups excluding carboxylic acids is 1. The first-order valence-corrected chi connectivity index (χ1v) is 7.35. The molecular formula is C18H18N2O2. The highest BCUT2D eigenvalue weighted by atomic mass is 16.3. The zero-order valence-electron chi connectivity index (χ0n) is 13.0. The van der Waals surface area contributed by atoms with Crippen molar-refractivity contribution in [2.75, 3.05) is 0 Å². The van der Waals surface area contributed by atoms with Crippen molar-refractivity contribution in [3.05, 3.63) is 59.1 Å². The van der Waals surface area contributed by atoms with E-state index in [1.165, 1.54) is 0 Å². The van der Waals surface area contributed by atoms with Crippen molar-refractivity contribution in [2.45, 2.75) is 27.3 Å². The quantitative estimate of drug-likeness (QED) is 0.536. The van der Waals surface area contributed by atoms with Crippen LogP contribution >= 0.6 is 0 Å². The van der Waals surface area contributed by atoms with Crippen molar-refractivity contribution in [1.29, 1.82) is 0 Å². The zero-order valence-corrected chi connectivity index (χ0v) is 13.0. The molecule has 0 unspecified atom stereocenters. The number of benzene rings is 1. The van der Waals surface area contributed by atoms with Crippen molar-refractivity contribution in [3.63, 3.8) is 0 Å². The minimum absolute atomic E-state index is 0.140. The molecule has 4 heteroatoms. The van der Waals surface area contributed by atoms with Gasteiger partial charge in [0.1, 0.15) is 5.58 Å². The van der Waals surface area contributed by atoms with E-state index >= 15 is 0 Å². The third kappa shape index (κ3) is 2.48. The van der Waals surface area contributed by atoms with E-state index < -0.39 is 0 Å². The zero-order chi connectivity index (χ0) is 15.7. The van der Waals surface area contributed by atoms with Gasteiger partial charge in [0.15, 0.2) is 5.76 Å². The Labute approximate surface area is 129 Å². The summed E-state index contributed by atoms with van der Waals surface area (Å²) in [6.07, 6.45) is 3.37. The molecule has 112 valence electrons. The van der Waals surface area contributed by atoms with E-state index in [0.29, 0.717) is 5.76 Å². The molecule has 0 saturated carbocycles. The van der Waals surface area contributed by atoms with Crippen LogP contribution in [0.3, 0.4) is 0 Å². The Bertz CT molecular complexity index is 835. The third-order valence-corrected chi connectivity index (χ3v) is 3.81. The largest absolute Gasteiger partial charge is 0.453 e. The molecule has 0 spiro atoms. The maximum absolute atomic E-state index is 12.3. The molecule has 0 saturated heterocycles. The number of aryl methyl sites for hydroxylation is 2. The van der Waals surface area contributed by atoms with Gasteiger partial charge >= 0.3 is 0 Å². The fraction of sp³-hybridized carbons (Fsp3) is 0.222. The molecule has 22 heavy (non-hydrogen) atoms. The maximum atomic E-state index is 12.3. The summed E-state index contributed by atoms with van der Waals surface area (Å²) in [5.74, 6) is 0.217. The topological polar surface area (TPSA) is 48.0 Å². The number of ketones is 1. The van der Waals surface area contributed by atoms with Gasteiger partial charge in [-0.1, -0.05) is 18.2 Å². The van der Waals surface area contributed by atoms with E-state index in [0.717, 1.165) is 34.5 Å². The molecule has 3 rings (SSSR count). The Balaban J connectivity index is 1.89. The van der Waals surface area contributed by atoms with Crippen molar-refractivity contribution >= 4 is 22.8 Å². The van der Waals surface area contributed by atoms with Gasteiger partial charge in [0.05, 0.1) is 5.69 Å². The van der Waals surface area contributed by atoms with E-state index in [2.05, 4.69) is 5.10 Å². The second kappa shape index (κ2) is 5.64. The molecule has 0 fully saturated rings. The molecule has 0 N–H and O–H groups in total. The summed E-state index contributed by atoms with van der Waals surface area (Å²) in [5, 5.41) is 5.38. The van der Waals surface area contributed by atoms with Crippen molar-refractivity contribution in [1.82, 2.24) is 9.78 Å². The molecule has 3 aromatic rings. The number of aromatic nitrogens is 2. The second-order valence-corrected chi connectivity index (χ2v) is 5.25. The average molecular weight is 294 g/mol. The van der Waals surface area contributed by atoms with Crippen LogP contribution in [0, 0.1) is 13.8 Å². The molecule has 0 atom stereocenters. The van der Waals surface area contributed by atoms with Crippen molar-refractivity contribution in [3.8, 4) is 0 Å². The second-order valence-electron chi connectivity index (χ2n) is 5.25. The van der Waals surface area contributed by atoms with Gasteiger partial charge in [0.25, 0.3) is 0 Å². The van der Waals surface area contributed by atoms with E-state index in [9.17, 15) is 4.79 Å². The van der Waals surface area contributed by atoms with Gasteiger partial charge in [-0.2, -0.15) is 5.10 Å². The molecule has 0 amide bonds. The van der Waals surface area contributed by atoms with Gasteiger partial charge in [-0.25, -0.2) is 0 Å². The lowest BCUT2D eigenvalue weighted by atomic mass is 10.1. The molecule has 0 radical (unpaired) electrons. The highest BCUT2D eigenvalue weighted by Gasteiger charge is 2.11. The van der Waals surface area contributed by atoms with E-state index in [1.807, 2.05) is 55.8 Å². The summed E-state index contributed by atoms with van der Waals surface area (Å²) in [6, 6.07) is 9.38. The first kappa shape index (κ1) is 14.3. The molecule has 0 aliphatic rings. The predicted octanol–water partition coefficient (Wildman–Crippen LogP) is 4.16. The summed E-state index contributed by atoms with van der Waals surface area (Å²) in [5.41, 5.74) is 3.71. The summed E-state index contributed by atoms with van der Waals surface area (Å²) in [6.45, 7) is 6.82. The summed E-state index contributed by atoms with van der Waals surface area (Å²) in [4.78, 5) is 12.3. The predicted molar refractivity (Wildman–Crippen MR) is 87.0 cm³/mol. The number of hydrogen-bond donors (Lipinski definition) is 0. The number of allylic oxidation sites excluding steroid dienone is 1. The number of furan rings is 1. The molecule has 2 aromatic heterocycles. The number of para-hydroxylation sites is 1. The Morgan fingerprint density at radius 1 is 1.32 bits per heavy atom. The SMILES string of the molecule is CCn1nc(C)c(/C=C\C(=O)c2cc3ccccc3o2)c1C. The molecule has 0 aliphatic heterocycles. The van der Waals surface area contributed by atoms with Gasteiger partial charge in [-0.15, -0.1) is 0 Å². The monoisotopic (exact) mass is 294 g/mol. The van der Waals surface area contributed by atoms with Gasteiger partial charge < -0.3 is 4.42 Å². The molecule has 1 aromatic carbocycles. The number of hydrogen-bond acceptors (Lipinski definition) is 3. The summed E-state index contributed by atoms with van der Waals surface area (Å²) < 4.78 is 7.51. The number of carbonyl (C=O) groups is 1. The van der Waals surface area contributed by atoms with Crippen LogP contribution < -0.4 is 0 Å². The molecule has 2 heterocycles. The lowest BCUT2D eigenvalue weighted by Crippen LogP contribution is -1.98. The minimum Gasteiger partial charge on any atom is -0.453 e. The standard InChI is InChI=1S/C18H18N2O2/c1-4-20-13(3)15(12(2)19-20)9-10-16(21)18-11-14-7-5-6-8-17(14)22-18/h5-11H,4H2,1-3H3/b10-9-. The number of rotatable bonds is 4. The van der Waals surface area contributed by atoms with Crippen LogP contribution in [0.5, 0.6) is 0 Å². The van der Waals surface area contributed by atoms with Crippen LogP contribution in [0.4, 0.5) is 0 Å². The van der Waals surface area contributed by atoms with Crippen LogP contribution in [-0.2, 0) is 6.54 Å². The van der Waals surface area contributed by atoms with E-state index in [4.69, 9.17) is 4.42 Å². The molecule has 4 nitrogen and oxygen atoms in total. The van der Waals surface area contributed by atoms with Gasteiger partial charge in [-0.3, -0.25) is 9.48 Å². The Hall–Kier alpha value is -2.62. The lowest BCUT2D eigenvalue weighted by Gasteiger charge is -1.98. The summed E-state index contributed by atoms with van der Waals surface area (Å²) in [7, 11) is 0. The van der Waals surface area contributed by atoms with E-state index in [-0.39, 0.29) is 5.78 Å². The smallest absolute Gasteiger partial charge is 0.221 e. The molecule has 0 bridgehead atoms. The lowest BCUT2D eigenvalue weighted by molar-refractivity contribution is 0.102. The van der Waals surface area contributed by atoms with Crippen molar-refractivity contribution < 1.29 is 9.21 Å². The molecule has 0 aliphatic carbocycles. The highest BCUT2D eigenvalue weighted by Crippen LogP contribution is 2.20. The van der Waals surface area contributed by atoms with Crippen LogP contribution in [0.25, 0.3) is 17.0 Å². The number of nitrogens with zero attached hydrogens (tertiary/aromatic N) is 2. The number of fused-ring (bicyclic) bond motifs is 1. The van der Waals surface area contributed by atoms with Crippen molar-refractivity contribution in [2.24, 2.45) is 0 Å². The molecular weight excluding hydrogens is 276 g/mol. The average Bonchev–Trinajstić information content (AvgIpc) is 3.06. The Morgan fingerprint density at radius 2 is 2.09 bits per heavy atom. The van der Waals surface area contributed by atoms with Crippen LogP contribution in [0.1, 0.15) is 34.4 Å². The highest BCUT2D eigenvalue weighted by molar-refractivity contribution is 6.07. The van der Waals surface area contributed by atoms with Crippen LogP contribution in [0.2, 0.25) is 0 Å². The fourth-order valence-corrected chi connectivity index (χ4v) is 2.60. The first-order valence-electron chi connectivity index (χ1n) is 7.35. The summed E-state index contributed by atoms with van der Waals surface area (Å²) >= 11 is 0. The van der Waals surface area contributed by atoms with Gasteiger partial charge in [0, 0.05) is 23.2 Å². The first-order chi connectivity index (χ1) is 10.6. The Kier molecular flexibility index (Phi) is 3.67. The van der Waals surface area contributed by atoms with Gasteiger partial charge in [0.2, 0.25) is 5.78 Å². The third-order valence-electron chi connectivity index (χ3n) is 3.81. The van der Waals surface area contributed by atoms with E-state index in [1.54, 1.807) is 12.1 Å². The fourth-order valence-electron chi connectivity index (χ4n) is 2.60. The maximum Gasteiger partial charge on any atom is 0.221 e. The Morgan fingerprint density at radius 3 is 2.77 bits per heavy atom.